The van der Waals surface area contributed by atoms with Crippen molar-refractivity contribution in [2.24, 2.45) is 14.1 Å². The Hall–Kier alpha value is -2.89. The average molecular weight is 341 g/mol. The van der Waals surface area contributed by atoms with E-state index in [0.29, 0.717) is 6.54 Å². The molecule has 2 rings (SSSR count). The average Bonchev–Trinajstić information content (AvgIpc) is 2.61. The molecule has 0 unspecified atom stereocenters. The van der Waals surface area contributed by atoms with E-state index in [9.17, 15) is 14.4 Å². The normalized spacial score (nSPS) is 11.7. The first-order valence-electron chi connectivity index (χ1n) is 8.00. The molecule has 0 saturated carbocycles. The van der Waals surface area contributed by atoms with Gasteiger partial charge in [0, 0.05) is 38.3 Å². The lowest BCUT2D eigenvalue weighted by molar-refractivity contribution is -0.116. The fourth-order valence-electron chi connectivity index (χ4n) is 2.47. The summed E-state index contributed by atoms with van der Waals surface area (Å²) in [7, 11) is 2.96. The van der Waals surface area contributed by atoms with Crippen LogP contribution in [0.15, 0.2) is 52.2 Å². The van der Waals surface area contributed by atoms with Crippen LogP contribution in [0.1, 0.15) is 25.0 Å². The maximum Gasteiger partial charge on any atom is 0.330 e. The number of carbonyl (C=O) groups is 1. The summed E-state index contributed by atoms with van der Waals surface area (Å²) in [6.45, 7) is 4.57. The molecule has 1 aromatic heterocycles. The third-order valence-corrected chi connectivity index (χ3v) is 4.15. The van der Waals surface area contributed by atoms with E-state index < -0.39 is 11.2 Å². The Kier molecular flexibility index (Phi) is 5.41. The molecule has 1 aromatic carbocycles. The predicted octanol–water partition coefficient (Wildman–Crippen LogP) is 1.19. The van der Waals surface area contributed by atoms with Gasteiger partial charge in [0.15, 0.2) is 0 Å². The number of amides is 1. The van der Waals surface area contributed by atoms with E-state index in [1.54, 1.807) is 7.05 Å². The van der Waals surface area contributed by atoms with Gasteiger partial charge in [0.05, 0.1) is 5.56 Å². The van der Waals surface area contributed by atoms with Gasteiger partial charge in [0.25, 0.3) is 5.56 Å². The summed E-state index contributed by atoms with van der Waals surface area (Å²) in [6.07, 6.45) is 4.15. The number of aromatic nitrogens is 2. The number of nitrogens with zero attached hydrogens (tertiary/aromatic N) is 2. The SMILES string of the molecule is Cn1cc(/C=C/C(=O)NCC(C)(C)c2ccccc2)c(=O)n(C)c1=O. The zero-order valence-electron chi connectivity index (χ0n) is 14.9. The molecule has 6 heteroatoms. The first kappa shape index (κ1) is 18.4. The highest BCUT2D eigenvalue weighted by Gasteiger charge is 2.20. The lowest BCUT2D eigenvalue weighted by Gasteiger charge is -2.25. The molecule has 0 aliphatic rings. The van der Waals surface area contributed by atoms with E-state index in [4.69, 9.17) is 0 Å². The maximum atomic E-state index is 12.1. The number of aryl methyl sites for hydroxylation is 1. The fourth-order valence-corrected chi connectivity index (χ4v) is 2.47. The van der Waals surface area contributed by atoms with Gasteiger partial charge in [0.1, 0.15) is 0 Å². The lowest BCUT2D eigenvalue weighted by Crippen LogP contribution is -2.37. The van der Waals surface area contributed by atoms with Crippen LogP contribution in [0.4, 0.5) is 0 Å². The largest absolute Gasteiger partial charge is 0.352 e. The monoisotopic (exact) mass is 341 g/mol. The number of benzene rings is 1. The third-order valence-electron chi connectivity index (χ3n) is 4.15. The van der Waals surface area contributed by atoms with Gasteiger partial charge in [-0.1, -0.05) is 44.2 Å². The van der Waals surface area contributed by atoms with Crippen LogP contribution < -0.4 is 16.6 Å². The summed E-state index contributed by atoms with van der Waals surface area (Å²) in [5.74, 6) is -0.292. The molecular formula is C19H23N3O3. The Morgan fingerprint density at radius 1 is 1.16 bits per heavy atom. The van der Waals surface area contributed by atoms with E-state index in [-0.39, 0.29) is 16.9 Å². The van der Waals surface area contributed by atoms with Crippen molar-refractivity contribution in [3.05, 3.63) is 74.6 Å². The van der Waals surface area contributed by atoms with E-state index >= 15 is 0 Å². The first-order chi connectivity index (χ1) is 11.7. The second kappa shape index (κ2) is 7.34. The van der Waals surface area contributed by atoms with Crippen LogP contribution in [-0.2, 0) is 24.3 Å². The van der Waals surface area contributed by atoms with E-state index in [2.05, 4.69) is 19.2 Å². The summed E-state index contributed by atoms with van der Waals surface area (Å²) >= 11 is 0. The van der Waals surface area contributed by atoms with Crippen molar-refractivity contribution in [1.82, 2.24) is 14.5 Å². The van der Waals surface area contributed by atoms with Crippen molar-refractivity contribution in [3.63, 3.8) is 0 Å². The molecule has 1 heterocycles. The van der Waals surface area contributed by atoms with Gasteiger partial charge in [-0.05, 0) is 11.6 Å². The summed E-state index contributed by atoms with van der Waals surface area (Å²) in [5, 5.41) is 2.85. The van der Waals surface area contributed by atoms with Crippen LogP contribution >= 0.6 is 0 Å². The Morgan fingerprint density at radius 3 is 2.44 bits per heavy atom. The summed E-state index contributed by atoms with van der Waals surface area (Å²) < 4.78 is 2.31. The number of carbonyl (C=O) groups excluding carboxylic acids is 1. The number of rotatable bonds is 5. The van der Waals surface area contributed by atoms with Gasteiger partial charge in [-0.2, -0.15) is 0 Å². The molecule has 0 atom stereocenters. The molecule has 0 aliphatic heterocycles. The molecule has 1 amide bonds. The third kappa shape index (κ3) is 4.35. The standard InChI is InChI=1S/C19H23N3O3/c1-19(2,15-8-6-5-7-9-15)13-20-16(23)11-10-14-12-21(3)18(25)22(4)17(14)24/h5-12H,13H2,1-4H3,(H,20,23)/b11-10+. The van der Waals surface area contributed by atoms with Crippen molar-refractivity contribution < 1.29 is 4.79 Å². The van der Waals surface area contributed by atoms with Crippen LogP contribution in [0, 0.1) is 0 Å². The molecule has 0 spiro atoms. The second-order valence-electron chi connectivity index (χ2n) is 6.64. The summed E-state index contributed by atoms with van der Waals surface area (Å²) in [6, 6.07) is 9.93. The number of nitrogens with one attached hydrogen (secondary N) is 1. The maximum absolute atomic E-state index is 12.1. The molecule has 6 nitrogen and oxygen atoms in total. The van der Waals surface area contributed by atoms with Gasteiger partial charge >= 0.3 is 5.69 Å². The number of hydrogen-bond donors (Lipinski definition) is 1. The molecule has 0 saturated heterocycles. The first-order valence-corrected chi connectivity index (χ1v) is 8.00. The quantitative estimate of drug-likeness (QED) is 0.831. The molecule has 0 aliphatic carbocycles. The molecule has 0 radical (unpaired) electrons. The van der Waals surface area contributed by atoms with Crippen molar-refractivity contribution in [2.45, 2.75) is 19.3 Å². The molecule has 1 N–H and O–H groups in total. The molecular weight excluding hydrogens is 318 g/mol. The van der Waals surface area contributed by atoms with Crippen molar-refractivity contribution >= 4 is 12.0 Å². The van der Waals surface area contributed by atoms with Gasteiger partial charge in [0.2, 0.25) is 5.91 Å². The van der Waals surface area contributed by atoms with Crippen molar-refractivity contribution in [2.75, 3.05) is 6.54 Å². The minimum atomic E-state index is -0.434. The Morgan fingerprint density at radius 2 is 1.80 bits per heavy atom. The minimum absolute atomic E-state index is 0.211. The lowest BCUT2D eigenvalue weighted by atomic mass is 9.84. The zero-order valence-corrected chi connectivity index (χ0v) is 14.9. The van der Waals surface area contributed by atoms with Gasteiger partial charge < -0.3 is 9.88 Å². The Balaban J connectivity index is 2.07. The highest BCUT2D eigenvalue weighted by atomic mass is 16.2. The minimum Gasteiger partial charge on any atom is -0.352 e. The zero-order chi connectivity index (χ0) is 18.6. The van der Waals surface area contributed by atoms with Crippen LogP contribution in [0.2, 0.25) is 0 Å². The Bertz CT molecular complexity index is 906. The van der Waals surface area contributed by atoms with Crippen molar-refractivity contribution in [1.29, 1.82) is 0 Å². The number of hydrogen-bond acceptors (Lipinski definition) is 3. The molecule has 25 heavy (non-hydrogen) atoms. The highest BCUT2D eigenvalue weighted by Crippen LogP contribution is 2.21. The topological polar surface area (TPSA) is 73.1 Å². The fraction of sp³-hybridized carbons (Fsp3) is 0.316. The predicted molar refractivity (Wildman–Crippen MR) is 98.4 cm³/mol. The molecule has 0 fully saturated rings. The molecule has 132 valence electrons. The van der Waals surface area contributed by atoms with Crippen LogP contribution in [0.5, 0.6) is 0 Å². The Labute approximate surface area is 146 Å². The summed E-state index contributed by atoms with van der Waals surface area (Å²) in [5.41, 5.74) is 0.360. The smallest absolute Gasteiger partial charge is 0.330 e. The highest BCUT2D eigenvalue weighted by molar-refractivity contribution is 5.91. The molecule has 2 aromatic rings. The van der Waals surface area contributed by atoms with E-state index in [0.717, 1.165) is 10.1 Å². The second-order valence-corrected chi connectivity index (χ2v) is 6.64. The van der Waals surface area contributed by atoms with Gasteiger partial charge in [-0.25, -0.2) is 4.79 Å². The van der Waals surface area contributed by atoms with Gasteiger partial charge in [-0.3, -0.25) is 14.2 Å². The summed E-state index contributed by atoms with van der Waals surface area (Å²) in [4.78, 5) is 35.7. The van der Waals surface area contributed by atoms with Crippen LogP contribution in [0.3, 0.4) is 0 Å². The van der Waals surface area contributed by atoms with Crippen LogP contribution in [-0.4, -0.2) is 21.6 Å². The van der Waals surface area contributed by atoms with Gasteiger partial charge in [-0.15, -0.1) is 0 Å². The van der Waals surface area contributed by atoms with E-state index in [1.807, 2.05) is 30.3 Å². The van der Waals surface area contributed by atoms with Crippen molar-refractivity contribution in [3.8, 4) is 0 Å². The van der Waals surface area contributed by atoms with E-state index in [1.165, 1.54) is 30.0 Å². The molecule has 0 bridgehead atoms. The van der Waals surface area contributed by atoms with Crippen LogP contribution in [0.25, 0.3) is 6.08 Å².